The summed E-state index contributed by atoms with van der Waals surface area (Å²) in [5.41, 5.74) is 0.864. The van der Waals surface area contributed by atoms with Crippen LogP contribution in [0.5, 0.6) is 0 Å². The lowest BCUT2D eigenvalue weighted by atomic mass is 10.1. The summed E-state index contributed by atoms with van der Waals surface area (Å²) in [7, 11) is -1.69. The number of halogens is 1. The molecule has 0 heterocycles. The van der Waals surface area contributed by atoms with Crippen LogP contribution in [0.15, 0.2) is 47.4 Å². The first-order valence-corrected chi connectivity index (χ1v) is 10.5. The summed E-state index contributed by atoms with van der Waals surface area (Å²) in [6.45, 7) is 1.80. The minimum atomic E-state index is -3.29. The minimum Gasteiger partial charge on any atom is -0.335 e. The highest BCUT2D eigenvalue weighted by molar-refractivity contribution is 14.1. The zero-order chi connectivity index (χ0) is 19.6. The van der Waals surface area contributed by atoms with E-state index < -0.39 is 14.8 Å². The standard InChI is InChI=1S/C17H17IN2O5S/c1-11(12-4-7-14(8-5-12)26(3,24)25)19(2)17(21)15-10-13(20(22)23)6-9-16(15)18/h4-11H,1-3H3. The van der Waals surface area contributed by atoms with Crippen LogP contribution in [0.4, 0.5) is 5.69 Å². The SMILES string of the molecule is CC(c1ccc(S(C)(=O)=O)cc1)N(C)C(=O)c1cc([N+](=O)[O-])ccc1I. The minimum absolute atomic E-state index is 0.146. The molecule has 2 aromatic rings. The molecular weight excluding hydrogens is 471 g/mol. The first-order valence-electron chi connectivity index (χ1n) is 7.53. The van der Waals surface area contributed by atoms with E-state index in [9.17, 15) is 23.3 Å². The van der Waals surface area contributed by atoms with Gasteiger partial charge in [-0.25, -0.2) is 8.42 Å². The molecule has 0 fully saturated rings. The Morgan fingerprint density at radius 1 is 1.19 bits per heavy atom. The highest BCUT2D eigenvalue weighted by atomic mass is 127. The molecule has 0 saturated carbocycles. The maximum atomic E-state index is 12.8. The van der Waals surface area contributed by atoms with E-state index in [-0.39, 0.29) is 28.1 Å². The molecule has 0 N–H and O–H groups in total. The zero-order valence-electron chi connectivity index (χ0n) is 14.3. The van der Waals surface area contributed by atoms with Crippen LogP contribution in [0.25, 0.3) is 0 Å². The van der Waals surface area contributed by atoms with E-state index in [0.29, 0.717) is 3.57 Å². The number of non-ortho nitro benzene ring substituents is 1. The Morgan fingerprint density at radius 2 is 1.77 bits per heavy atom. The summed E-state index contributed by atoms with van der Waals surface area (Å²) in [6, 6.07) is 10.1. The van der Waals surface area contributed by atoms with E-state index in [1.807, 2.05) is 22.6 Å². The van der Waals surface area contributed by atoms with Crippen LogP contribution in [0.3, 0.4) is 0 Å². The van der Waals surface area contributed by atoms with Gasteiger partial charge >= 0.3 is 0 Å². The normalized spacial score (nSPS) is 12.5. The Bertz CT molecular complexity index is 958. The lowest BCUT2D eigenvalue weighted by Gasteiger charge is -2.26. The first-order chi connectivity index (χ1) is 12.0. The molecule has 1 atom stereocenters. The summed E-state index contributed by atoms with van der Waals surface area (Å²) in [5.74, 6) is -0.349. The van der Waals surface area contributed by atoms with Crippen LogP contribution in [0.1, 0.15) is 28.9 Å². The summed E-state index contributed by atoms with van der Waals surface area (Å²) < 4.78 is 23.7. The van der Waals surface area contributed by atoms with Crippen molar-refractivity contribution in [3.05, 3.63) is 67.3 Å². The molecule has 0 aromatic heterocycles. The van der Waals surface area contributed by atoms with Crippen LogP contribution in [-0.2, 0) is 9.84 Å². The second kappa shape index (κ2) is 7.70. The first kappa shape index (κ1) is 20.3. The van der Waals surface area contributed by atoms with Crippen molar-refractivity contribution in [1.82, 2.24) is 4.90 Å². The van der Waals surface area contributed by atoms with Gasteiger partial charge in [-0.05, 0) is 53.3 Å². The van der Waals surface area contributed by atoms with Gasteiger partial charge in [-0.3, -0.25) is 14.9 Å². The third kappa shape index (κ3) is 4.39. The Kier molecular flexibility index (Phi) is 6.02. The molecule has 9 heteroatoms. The summed E-state index contributed by atoms with van der Waals surface area (Å²) >= 11 is 1.96. The molecule has 7 nitrogen and oxygen atoms in total. The molecular formula is C17H17IN2O5S. The van der Waals surface area contributed by atoms with Crippen molar-refractivity contribution in [1.29, 1.82) is 0 Å². The molecule has 0 radical (unpaired) electrons. The molecule has 0 saturated heterocycles. The van der Waals surface area contributed by atoms with Gasteiger partial charge < -0.3 is 4.90 Å². The van der Waals surface area contributed by atoms with Crippen molar-refractivity contribution < 1.29 is 18.1 Å². The number of carbonyl (C=O) groups is 1. The second-order valence-electron chi connectivity index (χ2n) is 5.85. The Hall–Kier alpha value is -2.01. The van der Waals surface area contributed by atoms with Crippen LogP contribution in [0.2, 0.25) is 0 Å². The van der Waals surface area contributed by atoms with Crippen molar-refractivity contribution in [3.63, 3.8) is 0 Å². The van der Waals surface area contributed by atoms with Gasteiger partial charge in [-0.2, -0.15) is 0 Å². The summed E-state index contributed by atoms with van der Waals surface area (Å²) in [4.78, 5) is 24.9. The fraction of sp³-hybridized carbons (Fsp3) is 0.235. The molecule has 2 aromatic carbocycles. The summed E-state index contributed by atoms with van der Waals surface area (Å²) in [6.07, 6.45) is 1.13. The number of amides is 1. The number of rotatable bonds is 5. The largest absolute Gasteiger partial charge is 0.335 e. The number of carbonyl (C=O) groups excluding carboxylic acids is 1. The molecule has 1 amide bonds. The van der Waals surface area contributed by atoms with Crippen LogP contribution in [-0.4, -0.2) is 37.5 Å². The van der Waals surface area contributed by atoms with E-state index in [2.05, 4.69) is 0 Å². The Balaban J connectivity index is 2.30. The fourth-order valence-corrected chi connectivity index (χ4v) is 3.57. The van der Waals surface area contributed by atoms with Gasteiger partial charge in [0.2, 0.25) is 0 Å². The van der Waals surface area contributed by atoms with Crippen molar-refractivity contribution in [2.45, 2.75) is 17.9 Å². The topological polar surface area (TPSA) is 97.6 Å². The van der Waals surface area contributed by atoms with Gasteiger partial charge in [0, 0.05) is 29.0 Å². The van der Waals surface area contributed by atoms with E-state index >= 15 is 0 Å². The van der Waals surface area contributed by atoms with Gasteiger partial charge in [-0.15, -0.1) is 0 Å². The van der Waals surface area contributed by atoms with Gasteiger partial charge in [0.1, 0.15) is 0 Å². The van der Waals surface area contributed by atoms with Gasteiger partial charge in [0.15, 0.2) is 9.84 Å². The molecule has 138 valence electrons. The molecule has 0 bridgehead atoms. The van der Waals surface area contributed by atoms with Crippen LogP contribution < -0.4 is 0 Å². The number of sulfone groups is 1. The second-order valence-corrected chi connectivity index (χ2v) is 9.03. The number of hydrogen-bond donors (Lipinski definition) is 0. The van der Waals surface area contributed by atoms with Crippen LogP contribution >= 0.6 is 22.6 Å². The molecule has 1 unspecified atom stereocenters. The highest BCUT2D eigenvalue weighted by Gasteiger charge is 2.23. The maximum absolute atomic E-state index is 12.8. The van der Waals surface area contributed by atoms with Crippen molar-refractivity contribution in [2.75, 3.05) is 13.3 Å². The van der Waals surface area contributed by atoms with Crippen LogP contribution in [0, 0.1) is 13.7 Å². The smallest absolute Gasteiger partial charge is 0.270 e. The lowest BCUT2D eigenvalue weighted by Crippen LogP contribution is -2.30. The number of benzene rings is 2. The monoisotopic (exact) mass is 488 g/mol. The summed E-state index contributed by atoms with van der Waals surface area (Å²) in [5, 5.41) is 11.0. The maximum Gasteiger partial charge on any atom is 0.270 e. The molecule has 2 rings (SSSR count). The van der Waals surface area contributed by atoms with Gasteiger partial charge in [0.05, 0.1) is 21.4 Å². The van der Waals surface area contributed by atoms with Gasteiger partial charge in [0.25, 0.3) is 11.6 Å². The number of nitrogens with zero attached hydrogens (tertiary/aromatic N) is 2. The Labute approximate surface area is 165 Å². The number of nitro benzene ring substituents is 1. The van der Waals surface area contributed by atoms with Gasteiger partial charge in [-0.1, -0.05) is 12.1 Å². The molecule has 0 aliphatic heterocycles. The van der Waals surface area contributed by atoms with Crippen molar-refractivity contribution in [3.8, 4) is 0 Å². The third-order valence-electron chi connectivity index (χ3n) is 4.08. The molecule has 0 aliphatic rings. The predicted octanol–water partition coefficient (Wildman–Crippen LogP) is 3.44. The van der Waals surface area contributed by atoms with E-state index in [0.717, 1.165) is 11.8 Å². The molecule has 0 spiro atoms. The average molecular weight is 488 g/mol. The van der Waals surface area contributed by atoms with E-state index in [1.165, 1.54) is 35.2 Å². The third-order valence-corrected chi connectivity index (χ3v) is 6.15. The van der Waals surface area contributed by atoms with Crippen molar-refractivity contribution >= 4 is 44.0 Å². The quantitative estimate of drug-likeness (QED) is 0.365. The lowest BCUT2D eigenvalue weighted by molar-refractivity contribution is -0.384. The van der Waals surface area contributed by atoms with Crippen molar-refractivity contribution in [2.24, 2.45) is 0 Å². The van der Waals surface area contributed by atoms with E-state index in [4.69, 9.17) is 0 Å². The number of hydrogen-bond acceptors (Lipinski definition) is 5. The predicted molar refractivity (Wildman–Crippen MR) is 106 cm³/mol. The highest BCUT2D eigenvalue weighted by Crippen LogP contribution is 2.26. The molecule has 0 aliphatic carbocycles. The Morgan fingerprint density at radius 3 is 2.27 bits per heavy atom. The number of nitro groups is 1. The molecule has 26 heavy (non-hydrogen) atoms. The van der Waals surface area contributed by atoms with E-state index in [1.54, 1.807) is 26.1 Å². The average Bonchev–Trinajstić information content (AvgIpc) is 2.59. The fourth-order valence-electron chi connectivity index (χ4n) is 2.37. The zero-order valence-corrected chi connectivity index (χ0v) is 17.3.